The lowest BCUT2D eigenvalue weighted by Gasteiger charge is -2.25. The Balaban J connectivity index is 2.15. The average Bonchev–Trinajstić information content (AvgIpc) is 3.06. The summed E-state index contributed by atoms with van der Waals surface area (Å²) >= 11 is 6.10. The Morgan fingerprint density at radius 3 is 2.75 bits per heavy atom. The summed E-state index contributed by atoms with van der Waals surface area (Å²) in [5, 5.41) is 4.72. The van der Waals surface area contributed by atoms with E-state index in [-0.39, 0.29) is 5.41 Å². The Kier molecular flexibility index (Phi) is 3.47. The Bertz CT molecular complexity index is 615. The van der Waals surface area contributed by atoms with Crippen LogP contribution in [0.5, 0.6) is 0 Å². The number of benzene rings is 1. The number of anilines is 1. The molecule has 1 saturated carbocycles. The lowest BCUT2D eigenvalue weighted by Crippen LogP contribution is -2.21. The third-order valence-electron chi connectivity index (χ3n) is 4.55. The van der Waals surface area contributed by atoms with Crippen LogP contribution in [0.25, 0.3) is 11.1 Å². The van der Waals surface area contributed by atoms with Gasteiger partial charge in [0.15, 0.2) is 11.6 Å². The summed E-state index contributed by atoms with van der Waals surface area (Å²) in [6.45, 7) is 2.21. The molecule has 1 heterocycles. The Labute approximate surface area is 124 Å². The molecular weight excluding hydrogens is 272 g/mol. The van der Waals surface area contributed by atoms with Gasteiger partial charge >= 0.3 is 0 Å². The van der Waals surface area contributed by atoms with Crippen molar-refractivity contribution in [2.24, 2.45) is 0 Å². The van der Waals surface area contributed by atoms with E-state index in [1.54, 1.807) is 0 Å². The van der Waals surface area contributed by atoms with Crippen LogP contribution >= 0.6 is 11.6 Å². The molecule has 3 rings (SSSR count). The van der Waals surface area contributed by atoms with Crippen LogP contribution < -0.4 is 5.73 Å². The second-order valence-corrected chi connectivity index (χ2v) is 6.06. The SMILES string of the molecule is CCC1(c2onc(N)c2-c2cccc(Cl)c2)CCCC1. The maximum Gasteiger partial charge on any atom is 0.175 e. The molecule has 4 heteroatoms. The van der Waals surface area contributed by atoms with Gasteiger partial charge in [-0.05, 0) is 37.0 Å². The zero-order valence-corrected chi connectivity index (χ0v) is 12.4. The van der Waals surface area contributed by atoms with Crippen molar-refractivity contribution in [3.05, 3.63) is 35.0 Å². The highest BCUT2D eigenvalue weighted by Gasteiger charge is 2.40. The van der Waals surface area contributed by atoms with Gasteiger partial charge in [0.2, 0.25) is 0 Å². The van der Waals surface area contributed by atoms with Crippen molar-refractivity contribution in [1.82, 2.24) is 5.16 Å². The quantitative estimate of drug-likeness (QED) is 0.883. The van der Waals surface area contributed by atoms with Gasteiger partial charge in [0, 0.05) is 10.4 Å². The van der Waals surface area contributed by atoms with E-state index in [9.17, 15) is 0 Å². The molecule has 2 N–H and O–H groups in total. The van der Waals surface area contributed by atoms with Gasteiger partial charge in [0.25, 0.3) is 0 Å². The van der Waals surface area contributed by atoms with Gasteiger partial charge < -0.3 is 10.3 Å². The molecule has 3 nitrogen and oxygen atoms in total. The second-order valence-electron chi connectivity index (χ2n) is 5.62. The first-order valence-electron chi connectivity index (χ1n) is 7.18. The highest BCUT2D eigenvalue weighted by molar-refractivity contribution is 6.30. The fourth-order valence-electron chi connectivity index (χ4n) is 3.38. The van der Waals surface area contributed by atoms with E-state index < -0.39 is 0 Å². The molecule has 1 aromatic carbocycles. The van der Waals surface area contributed by atoms with Crippen LogP contribution in [0, 0.1) is 0 Å². The van der Waals surface area contributed by atoms with Gasteiger partial charge in [-0.1, -0.05) is 48.7 Å². The Morgan fingerprint density at radius 1 is 1.35 bits per heavy atom. The molecular formula is C16H19ClN2O. The minimum atomic E-state index is 0.0856. The van der Waals surface area contributed by atoms with Crippen molar-refractivity contribution in [3.63, 3.8) is 0 Å². The maximum atomic E-state index is 6.10. The number of hydrogen-bond acceptors (Lipinski definition) is 3. The smallest absolute Gasteiger partial charge is 0.175 e. The number of nitrogen functional groups attached to an aromatic ring is 1. The van der Waals surface area contributed by atoms with E-state index in [0.29, 0.717) is 10.8 Å². The van der Waals surface area contributed by atoms with Gasteiger partial charge in [0.05, 0.1) is 5.56 Å². The number of aromatic nitrogens is 1. The molecule has 0 atom stereocenters. The molecule has 1 fully saturated rings. The summed E-state index contributed by atoms with van der Waals surface area (Å²) in [5.74, 6) is 1.40. The highest BCUT2D eigenvalue weighted by Crippen LogP contribution is 2.48. The molecule has 1 aromatic heterocycles. The lowest BCUT2D eigenvalue weighted by atomic mass is 9.78. The molecule has 106 valence electrons. The first-order chi connectivity index (χ1) is 9.66. The van der Waals surface area contributed by atoms with Gasteiger partial charge in [-0.3, -0.25) is 0 Å². The molecule has 0 radical (unpaired) electrons. The summed E-state index contributed by atoms with van der Waals surface area (Å²) in [6.07, 6.45) is 5.82. The number of hydrogen-bond donors (Lipinski definition) is 1. The topological polar surface area (TPSA) is 52.0 Å². The molecule has 0 bridgehead atoms. The third kappa shape index (κ3) is 2.10. The van der Waals surface area contributed by atoms with E-state index in [0.717, 1.165) is 36.1 Å². The van der Waals surface area contributed by atoms with Crippen LogP contribution in [0.4, 0.5) is 5.82 Å². The lowest BCUT2D eigenvalue weighted by molar-refractivity contribution is 0.284. The summed E-state index contributed by atoms with van der Waals surface area (Å²) in [4.78, 5) is 0. The Morgan fingerprint density at radius 2 is 2.10 bits per heavy atom. The molecule has 2 aromatic rings. The van der Waals surface area contributed by atoms with Crippen LogP contribution in [-0.4, -0.2) is 5.16 Å². The predicted octanol–water partition coefficient (Wildman–Crippen LogP) is 4.80. The molecule has 1 aliphatic carbocycles. The minimum absolute atomic E-state index is 0.0856. The van der Waals surface area contributed by atoms with E-state index in [4.69, 9.17) is 21.9 Å². The zero-order valence-electron chi connectivity index (χ0n) is 11.7. The fraction of sp³-hybridized carbons (Fsp3) is 0.438. The molecule has 0 amide bonds. The Hall–Kier alpha value is -1.48. The number of halogens is 1. The third-order valence-corrected chi connectivity index (χ3v) is 4.79. The van der Waals surface area contributed by atoms with Crippen molar-refractivity contribution in [2.45, 2.75) is 44.4 Å². The average molecular weight is 291 g/mol. The van der Waals surface area contributed by atoms with Crippen LogP contribution in [-0.2, 0) is 5.41 Å². The van der Waals surface area contributed by atoms with Crippen LogP contribution in [0.1, 0.15) is 44.8 Å². The molecule has 20 heavy (non-hydrogen) atoms. The summed E-state index contributed by atoms with van der Waals surface area (Å²) in [7, 11) is 0. The zero-order chi connectivity index (χ0) is 14.2. The van der Waals surface area contributed by atoms with Crippen molar-refractivity contribution in [3.8, 4) is 11.1 Å². The number of nitrogens with zero attached hydrogens (tertiary/aromatic N) is 1. The monoisotopic (exact) mass is 290 g/mol. The van der Waals surface area contributed by atoms with E-state index in [2.05, 4.69) is 12.1 Å². The minimum Gasteiger partial charge on any atom is -0.380 e. The van der Waals surface area contributed by atoms with Gasteiger partial charge in [0.1, 0.15) is 0 Å². The molecule has 1 aliphatic rings. The predicted molar refractivity (Wildman–Crippen MR) is 81.8 cm³/mol. The first kappa shape index (κ1) is 13.5. The molecule has 0 aliphatic heterocycles. The highest BCUT2D eigenvalue weighted by atomic mass is 35.5. The second kappa shape index (κ2) is 5.13. The van der Waals surface area contributed by atoms with E-state index in [1.165, 1.54) is 12.8 Å². The number of rotatable bonds is 3. The maximum absolute atomic E-state index is 6.10. The van der Waals surface area contributed by atoms with Crippen molar-refractivity contribution < 1.29 is 4.52 Å². The summed E-state index contributed by atoms with van der Waals surface area (Å²) in [6, 6.07) is 7.73. The standard InChI is InChI=1S/C16H19ClN2O/c1-2-16(8-3-4-9-16)14-13(15(18)19-20-14)11-6-5-7-12(17)10-11/h5-7,10H,2-4,8-9H2,1H3,(H2,18,19). The molecule has 0 spiro atoms. The summed E-state index contributed by atoms with van der Waals surface area (Å²) < 4.78 is 5.65. The van der Waals surface area contributed by atoms with Crippen LogP contribution in [0.3, 0.4) is 0 Å². The van der Waals surface area contributed by atoms with E-state index >= 15 is 0 Å². The normalized spacial score (nSPS) is 17.5. The van der Waals surface area contributed by atoms with Gasteiger partial charge in [-0.25, -0.2) is 0 Å². The van der Waals surface area contributed by atoms with E-state index in [1.807, 2.05) is 24.3 Å². The van der Waals surface area contributed by atoms with Crippen LogP contribution in [0.2, 0.25) is 5.02 Å². The number of nitrogens with two attached hydrogens (primary N) is 1. The summed E-state index contributed by atoms with van der Waals surface area (Å²) in [5.41, 5.74) is 8.06. The largest absolute Gasteiger partial charge is 0.380 e. The van der Waals surface area contributed by atoms with Gasteiger partial charge in [-0.2, -0.15) is 0 Å². The van der Waals surface area contributed by atoms with Crippen LogP contribution in [0.15, 0.2) is 28.8 Å². The fourth-order valence-corrected chi connectivity index (χ4v) is 3.57. The van der Waals surface area contributed by atoms with Crippen molar-refractivity contribution >= 4 is 17.4 Å². The van der Waals surface area contributed by atoms with Crippen molar-refractivity contribution in [2.75, 3.05) is 5.73 Å². The van der Waals surface area contributed by atoms with Gasteiger partial charge in [-0.15, -0.1) is 0 Å². The first-order valence-corrected chi connectivity index (χ1v) is 7.56. The van der Waals surface area contributed by atoms with Crippen molar-refractivity contribution in [1.29, 1.82) is 0 Å². The molecule has 0 saturated heterocycles. The molecule has 0 unspecified atom stereocenters.